The lowest BCUT2D eigenvalue weighted by Gasteiger charge is -2.12. The minimum absolute atomic E-state index is 0.00972. The maximum atomic E-state index is 12.8. The third kappa shape index (κ3) is 3.52. The van der Waals surface area contributed by atoms with E-state index in [9.17, 15) is 13.2 Å². The first-order valence-electron chi connectivity index (χ1n) is 6.02. The SMILES string of the molecule is N#Cc1ccc(Oc2cccc(CN)c2)cc1C(F)(F)F. The summed E-state index contributed by atoms with van der Waals surface area (Å²) in [5.41, 5.74) is 4.84. The third-order valence-corrected chi connectivity index (χ3v) is 2.79. The Labute approximate surface area is 119 Å². The molecule has 0 atom stereocenters. The Hall–Kier alpha value is -2.52. The largest absolute Gasteiger partial charge is 0.457 e. The molecule has 6 heteroatoms. The molecule has 0 heterocycles. The summed E-state index contributed by atoms with van der Waals surface area (Å²) >= 11 is 0. The van der Waals surface area contributed by atoms with Crippen molar-refractivity contribution in [3.63, 3.8) is 0 Å². The van der Waals surface area contributed by atoms with Gasteiger partial charge in [-0.25, -0.2) is 0 Å². The molecule has 0 unspecified atom stereocenters. The fourth-order valence-corrected chi connectivity index (χ4v) is 1.79. The second-order valence-electron chi connectivity index (χ2n) is 4.27. The quantitative estimate of drug-likeness (QED) is 0.935. The monoisotopic (exact) mass is 292 g/mol. The highest BCUT2D eigenvalue weighted by molar-refractivity contribution is 5.45. The van der Waals surface area contributed by atoms with Crippen LogP contribution in [-0.2, 0) is 12.7 Å². The van der Waals surface area contributed by atoms with Crippen LogP contribution < -0.4 is 10.5 Å². The maximum absolute atomic E-state index is 12.8. The first-order valence-corrected chi connectivity index (χ1v) is 6.02. The molecule has 108 valence electrons. The third-order valence-electron chi connectivity index (χ3n) is 2.79. The Bertz CT molecular complexity index is 690. The molecule has 0 amide bonds. The van der Waals surface area contributed by atoms with E-state index in [0.29, 0.717) is 12.3 Å². The number of alkyl halides is 3. The van der Waals surface area contributed by atoms with Crippen LogP contribution in [0.25, 0.3) is 0 Å². The minimum Gasteiger partial charge on any atom is -0.457 e. The van der Waals surface area contributed by atoms with Gasteiger partial charge in [0.05, 0.1) is 17.2 Å². The average Bonchev–Trinajstić information content (AvgIpc) is 2.46. The molecule has 0 aliphatic heterocycles. The van der Waals surface area contributed by atoms with Crippen LogP contribution in [0.5, 0.6) is 11.5 Å². The van der Waals surface area contributed by atoms with E-state index < -0.39 is 17.3 Å². The fraction of sp³-hybridized carbons (Fsp3) is 0.133. The van der Waals surface area contributed by atoms with Gasteiger partial charge in [0.25, 0.3) is 0 Å². The molecule has 0 saturated heterocycles. The Kier molecular flexibility index (Phi) is 4.15. The molecule has 0 radical (unpaired) electrons. The fourth-order valence-electron chi connectivity index (χ4n) is 1.79. The molecule has 0 saturated carbocycles. The summed E-state index contributed by atoms with van der Waals surface area (Å²) in [5.74, 6) is 0.395. The molecule has 2 N–H and O–H groups in total. The van der Waals surface area contributed by atoms with Gasteiger partial charge in [-0.2, -0.15) is 18.4 Å². The van der Waals surface area contributed by atoms with Crippen LogP contribution >= 0.6 is 0 Å². The number of rotatable bonds is 3. The second kappa shape index (κ2) is 5.85. The van der Waals surface area contributed by atoms with Gasteiger partial charge in [0.15, 0.2) is 0 Å². The highest BCUT2D eigenvalue weighted by Crippen LogP contribution is 2.35. The van der Waals surface area contributed by atoms with Crippen molar-refractivity contribution in [1.82, 2.24) is 0 Å². The van der Waals surface area contributed by atoms with Gasteiger partial charge in [-0.15, -0.1) is 0 Å². The zero-order valence-electron chi connectivity index (χ0n) is 10.8. The zero-order valence-corrected chi connectivity index (χ0v) is 10.8. The molecule has 0 aromatic heterocycles. The van der Waals surface area contributed by atoms with Crippen LogP contribution in [0.3, 0.4) is 0 Å². The summed E-state index contributed by atoms with van der Waals surface area (Å²) < 4.78 is 43.9. The molecular formula is C15H11F3N2O. The average molecular weight is 292 g/mol. The van der Waals surface area contributed by atoms with E-state index in [1.165, 1.54) is 12.1 Å². The van der Waals surface area contributed by atoms with Gasteiger partial charge in [0.1, 0.15) is 11.5 Å². The second-order valence-corrected chi connectivity index (χ2v) is 4.27. The first-order chi connectivity index (χ1) is 9.94. The molecule has 3 nitrogen and oxygen atoms in total. The van der Waals surface area contributed by atoms with E-state index in [0.717, 1.165) is 17.7 Å². The lowest BCUT2D eigenvalue weighted by atomic mass is 10.1. The normalized spacial score (nSPS) is 11.0. The van der Waals surface area contributed by atoms with Crippen molar-refractivity contribution >= 4 is 0 Å². The van der Waals surface area contributed by atoms with Crippen molar-refractivity contribution in [3.8, 4) is 17.6 Å². The van der Waals surface area contributed by atoms with Crippen LogP contribution in [-0.4, -0.2) is 0 Å². The minimum atomic E-state index is -4.61. The summed E-state index contributed by atoms with van der Waals surface area (Å²) in [6.07, 6.45) is -4.61. The predicted octanol–water partition coefficient (Wildman–Crippen LogP) is 3.83. The molecule has 0 bridgehead atoms. The van der Waals surface area contributed by atoms with Crippen LogP contribution in [0.4, 0.5) is 13.2 Å². The molecule has 2 aromatic rings. The Morgan fingerprint density at radius 1 is 1.10 bits per heavy atom. The van der Waals surface area contributed by atoms with Gasteiger partial charge in [0.2, 0.25) is 0 Å². The highest BCUT2D eigenvalue weighted by Gasteiger charge is 2.34. The van der Waals surface area contributed by atoms with Crippen LogP contribution in [0.15, 0.2) is 42.5 Å². The molecule has 2 aromatic carbocycles. The lowest BCUT2D eigenvalue weighted by Crippen LogP contribution is -2.07. The van der Waals surface area contributed by atoms with Crippen molar-refractivity contribution in [2.45, 2.75) is 12.7 Å². The topological polar surface area (TPSA) is 59.0 Å². The van der Waals surface area contributed by atoms with E-state index in [1.807, 2.05) is 0 Å². The summed E-state index contributed by atoms with van der Waals surface area (Å²) in [4.78, 5) is 0. The summed E-state index contributed by atoms with van der Waals surface area (Å²) in [6, 6.07) is 11.5. The van der Waals surface area contributed by atoms with Gasteiger partial charge in [0, 0.05) is 6.54 Å². The number of ether oxygens (including phenoxy) is 1. The van der Waals surface area contributed by atoms with Crippen LogP contribution in [0.1, 0.15) is 16.7 Å². The number of hydrogen-bond acceptors (Lipinski definition) is 3. The molecular weight excluding hydrogens is 281 g/mol. The van der Waals surface area contributed by atoms with Gasteiger partial charge in [-0.1, -0.05) is 12.1 Å². The molecule has 0 aliphatic rings. The lowest BCUT2D eigenvalue weighted by molar-refractivity contribution is -0.137. The Balaban J connectivity index is 2.35. The number of hydrogen-bond donors (Lipinski definition) is 1. The van der Waals surface area contributed by atoms with Crippen molar-refractivity contribution in [1.29, 1.82) is 5.26 Å². The number of nitriles is 1. The molecule has 21 heavy (non-hydrogen) atoms. The molecule has 2 rings (SSSR count). The van der Waals surface area contributed by atoms with Crippen molar-refractivity contribution in [3.05, 3.63) is 59.2 Å². The van der Waals surface area contributed by atoms with E-state index in [4.69, 9.17) is 15.7 Å². The van der Waals surface area contributed by atoms with E-state index >= 15 is 0 Å². The maximum Gasteiger partial charge on any atom is 0.417 e. The van der Waals surface area contributed by atoms with E-state index in [2.05, 4.69) is 0 Å². The van der Waals surface area contributed by atoms with Gasteiger partial charge >= 0.3 is 6.18 Å². The smallest absolute Gasteiger partial charge is 0.417 e. The summed E-state index contributed by atoms with van der Waals surface area (Å²) in [5, 5.41) is 8.73. The number of nitrogens with zero attached hydrogens (tertiary/aromatic N) is 1. The standard InChI is InChI=1S/C15H11F3N2O/c16-15(17,18)14-7-13(5-4-11(14)9-20)21-12-3-1-2-10(6-12)8-19/h1-7H,8,19H2. The van der Waals surface area contributed by atoms with Crippen molar-refractivity contribution in [2.75, 3.05) is 0 Å². The molecule has 0 spiro atoms. The highest BCUT2D eigenvalue weighted by atomic mass is 19.4. The van der Waals surface area contributed by atoms with E-state index in [1.54, 1.807) is 24.3 Å². The number of benzene rings is 2. The zero-order chi connectivity index (χ0) is 15.5. The van der Waals surface area contributed by atoms with Gasteiger partial charge in [-0.3, -0.25) is 0 Å². The van der Waals surface area contributed by atoms with Gasteiger partial charge < -0.3 is 10.5 Å². The predicted molar refractivity (Wildman–Crippen MR) is 70.6 cm³/mol. The summed E-state index contributed by atoms with van der Waals surface area (Å²) in [6.45, 7) is 0.304. The van der Waals surface area contributed by atoms with Crippen molar-refractivity contribution < 1.29 is 17.9 Å². The Morgan fingerprint density at radius 2 is 1.81 bits per heavy atom. The number of halogens is 3. The first kappa shape index (κ1) is 14.9. The molecule has 0 fully saturated rings. The number of nitrogens with two attached hydrogens (primary N) is 1. The summed E-state index contributed by atoms with van der Waals surface area (Å²) in [7, 11) is 0. The van der Waals surface area contributed by atoms with Crippen LogP contribution in [0, 0.1) is 11.3 Å². The van der Waals surface area contributed by atoms with Gasteiger partial charge in [-0.05, 0) is 35.9 Å². The van der Waals surface area contributed by atoms with E-state index in [-0.39, 0.29) is 5.75 Å². The van der Waals surface area contributed by atoms with Crippen LogP contribution in [0.2, 0.25) is 0 Å². The molecule has 0 aliphatic carbocycles. The Morgan fingerprint density at radius 3 is 2.43 bits per heavy atom. The van der Waals surface area contributed by atoms with Crippen molar-refractivity contribution in [2.24, 2.45) is 5.73 Å².